The molecule has 0 heterocycles. The summed E-state index contributed by atoms with van der Waals surface area (Å²) in [5.41, 5.74) is 3.10. The van der Waals surface area contributed by atoms with Gasteiger partial charge in [-0.15, -0.1) is 0 Å². The van der Waals surface area contributed by atoms with E-state index in [1.807, 2.05) is 68.4 Å². The maximum Gasteiger partial charge on any atom is 0.244 e. The monoisotopic (exact) mass is 551 g/mol. The number of hydrogen-bond acceptors (Lipinski definition) is 5. The van der Waals surface area contributed by atoms with Gasteiger partial charge in [0.05, 0.1) is 19.1 Å². The summed E-state index contributed by atoms with van der Waals surface area (Å²) in [5.74, 6) is -0.309. The summed E-state index contributed by atoms with van der Waals surface area (Å²) in [6, 6.07) is 22.9. The zero-order chi connectivity index (χ0) is 28.4. The molecule has 0 aromatic heterocycles. The Morgan fingerprint density at radius 3 is 2.26 bits per heavy atom. The molecule has 39 heavy (non-hydrogen) atoms. The Hall–Kier alpha value is -3.85. The number of rotatable bonds is 13. The lowest BCUT2D eigenvalue weighted by molar-refractivity contribution is -0.140. The number of amides is 2. The van der Waals surface area contributed by atoms with Crippen molar-refractivity contribution in [1.82, 2.24) is 10.2 Å². The summed E-state index contributed by atoms with van der Waals surface area (Å²) in [4.78, 5) is 29.0. The van der Waals surface area contributed by atoms with Crippen molar-refractivity contribution in [3.05, 3.63) is 95.6 Å². The third kappa shape index (κ3) is 8.58. The first kappa shape index (κ1) is 29.7. The van der Waals surface area contributed by atoms with Crippen molar-refractivity contribution in [3.63, 3.8) is 0 Å². The molecule has 0 saturated carbocycles. The van der Waals surface area contributed by atoms with E-state index in [-0.39, 0.29) is 18.9 Å². The number of nitrogens with one attached hydrogen (secondary N) is 1. The molecule has 208 valence electrons. The Balaban J connectivity index is 2.04. The Morgan fingerprint density at radius 2 is 1.64 bits per heavy atom. The van der Waals surface area contributed by atoms with Crippen LogP contribution in [0.2, 0.25) is 0 Å². The molecule has 1 atom stereocenters. The molecule has 0 fully saturated rings. The van der Waals surface area contributed by atoms with E-state index >= 15 is 0 Å². The van der Waals surface area contributed by atoms with Crippen molar-refractivity contribution < 1.29 is 22.7 Å². The van der Waals surface area contributed by atoms with Crippen molar-refractivity contribution in [1.29, 1.82) is 0 Å². The van der Waals surface area contributed by atoms with Crippen molar-refractivity contribution >= 4 is 27.5 Å². The standard InChI is InChI=1S/C30H37N3O5S/c1-5-18-31-30(35)28(19-24-10-7-6-8-11-24)32(21-25-16-14-23(2)15-17-25)29(34)22-33(39(4,36)37)26-12-9-13-27(20-26)38-3/h6-17,20,28H,5,18-19,21-22H2,1-4H3,(H,31,35). The van der Waals surface area contributed by atoms with Gasteiger partial charge in [0, 0.05) is 25.6 Å². The fourth-order valence-corrected chi connectivity index (χ4v) is 5.03. The molecule has 1 unspecified atom stereocenters. The quantitative estimate of drug-likeness (QED) is 0.347. The number of anilines is 1. The number of aryl methyl sites for hydroxylation is 1. The van der Waals surface area contributed by atoms with Crippen molar-refractivity contribution in [2.24, 2.45) is 0 Å². The molecular formula is C30H37N3O5S. The van der Waals surface area contributed by atoms with E-state index in [0.717, 1.165) is 33.7 Å². The lowest BCUT2D eigenvalue weighted by Crippen LogP contribution is -2.53. The highest BCUT2D eigenvalue weighted by Gasteiger charge is 2.33. The lowest BCUT2D eigenvalue weighted by atomic mass is 10.0. The maximum atomic E-state index is 14.0. The van der Waals surface area contributed by atoms with Crippen LogP contribution in [-0.2, 0) is 32.6 Å². The molecule has 0 bridgehead atoms. The van der Waals surface area contributed by atoms with Gasteiger partial charge in [-0.1, -0.05) is 73.2 Å². The van der Waals surface area contributed by atoms with Crippen LogP contribution in [0.15, 0.2) is 78.9 Å². The highest BCUT2D eigenvalue weighted by Crippen LogP contribution is 2.24. The fourth-order valence-electron chi connectivity index (χ4n) is 4.19. The highest BCUT2D eigenvalue weighted by atomic mass is 32.2. The van der Waals surface area contributed by atoms with Gasteiger partial charge in [-0.2, -0.15) is 0 Å². The second-order valence-electron chi connectivity index (χ2n) is 9.47. The highest BCUT2D eigenvalue weighted by molar-refractivity contribution is 7.92. The van der Waals surface area contributed by atoms with Crippen LogP contribution in [0.25, 0.3) is 0 Å². The van der Waals surface area contributed by atoms with Gasteiger partial charge in [-0.25, -0.2) is 8.42 Å². The van der Waals surface area contributed by atoms with Crippen LogP contribution in [-0.4, -0.2) is 57.6 Å². The third-order valence-electron chi connectivity index (χ3n) is 6.31. The summed E-state index contributed by atoms with van der Waals surface area (Å²) in [7, 11) is -2.35. The largest absolute Gasteiger partial charge is 0.497 e. The van der Waals surface area contributed by atoms with Gasteiger partial charge < -0.3 is 15.0 Å². The minimum Gasteiger partial charge on any atom is -0.497 e. The summed E-state index contributed by atoms with van der Waals surface area (Å²) in [6.45, 7) is 4.08. The van der Waals surface area contributed by atoms with E-state index in [1.54, 1.807) is 24.3 Å². The van der Waals surface area contributed by atoms with Gasteiger partial charge in [0.2, 0.25) is 21.8 Å². The van der Waals surface area contributed by atoms with Crippen LogP contribution >= 0.6 is 0 Å². The van der Waals surface area contributed by atoms with Crippen LogP contribution < -0.4 is 14.4 Å². The molecule has 0 aliphatic rings. The Bertz CT molecular complexity index is 1340. The molecule has 3 aromatic carbocycles. The zero-order valence-electron chi connectivity index (χ0n) is 23.0. The van der Waals surface area contributed by atoms with E-state index in [0.29, 0.717) is 18.0 Å². The number of nitrogens with zero attached hydrogens (tertiary/aromatic N) is 2. The normalized spacial score (nSPS) is 11.9. The Kier molecular flexibility index (Phi) is 10.5. The molecule has 0 aliphatic carbocycles. The minimum atomic E-state index is -3.84. The zero-order valence-corrected chi connectivity index (χ0v) is 23.8. The minimum absolute atomic E-state index is 0.145. The van der Waals surface area contributed by atoms with Gasteiger partial charge >= 0.3 is 0 Å². The van der Waals surface area contributed by atoms with Gasteiger partial charge in [0.15, 0.2) is 0 Å². The second kappa shape index (κ2) is 13.8. The topological polar surface area (TPSA) is 96.0 Å². The SMILES string of the molecule is CCCNC(=O)C(Cc1ccccc1)N(Cc1ccc(C)cc1)C(=O)CN(c1cccc(OC)c1)S(C)(=O)=O. The van der Waals surface area contributed by atoms with E-state index < -0.39 is 28.5 Å². The third-order valence-corrected chi connectivity index (χ3v) is 7.45. The first-order valence-electron chi connectivity index (χ1n) is 12.9. The van der Waals surface area contributed by atoms with Crippen LogP contribution in [0, 0.1) is 6.92 Å². The summed E-state index contributed by atoms with van der Waals surface area (Å²) < 4.78 is 32.0. The average Bonchev–Trinajstić information content (AvgIpc) is 2.93. The van der Waals surface area contributed by atoms with E-state index in [1.165, 1.54) is 12.0 Å². The smallest absolute Gasteiger partial charge is 0.244 e. The molecule has 3 rings (SSSR count). The Labute approximate surface area is 231 Å². The number of ether oxygens (including phenoxy) is 1. The molecule has 3 aromatic rings. The lowest BCUT2D eigenvalue weighted by Gasteiger charge is -2.33. The number of methoxy groups -OCH3 is 1. The molecule has 9 heteroatoms. The van der Waals surface area contributed by atoms with Crippen LogP contribution in [0.4, 0.5) is 5.69 Å². The first-order chi connectivity index (χ1) is 18.6. The number of hydrogen-bond donors (Lipinski definition) is 1. The molecule has 2 amide bonds. The molecule has 8 nitrogen and oxygen atoms in total. The number of benzene rings is 3. The van der Waals surface area contributed by atoms with Gasteiger partial charge in [0.1, 0.15) is 18.3 Å². The van der Waals surface area contributed by atoms with E-state index in [9.17, 15) is 18.0 Å². The summed E-state index contributed by atoms with van der Waals surface area (Å²) in [5, 5.41) is 2.93. The fraction of sp³-hybridized carbons (Fsp3) is 0.333. The maximum absolute atomic E-state index is 14.0. The van der Waals surface area contributed by atoms with Crippen LogP contribution in [0.1, 0.15) is 30.0 Å². The number of sulfonamides is 1. The molecular weight excluding hydrogens is 514 g/mol. The van der Waals surface area contributed by atoms with Crippen LogP contribution in [0.5, 0.6) is 5.75 Å². The van der Waals surface area contributed by atoms with E-state index in [4.69, 9.17) is 4.74 Å². The summed E-state index contributed by atoms with van der Waals surface area (Å²) in [6.07, 6.45) is 2.08. The van der Waals surface area contributed by atoms with Gasteiger partial charge in [0.25, 0.3) is 0 Å². The predicted octanol–water partition coefficient (Wildman–Crippen LogP) is 3.94. The van der Waals surface area contributed by atoms with Crippen molar-refractivity contribution in [2.75, 3.05) is 30.8 Å². The number of carbonyl (C=O) groups is 2. The predicted molar refractivity (Wildman–Crippen MR) is 154 cm³/mol. The molecule has 0 radical (unpaired) electrons. The molecule has 0 aliphatic heterocycles. The first-order valence-corrected chi connectivity index (χ1v) is 14.8. The molecule has 0 saturated heterocycles. The Morgan fingerprint density at radius 1 is 0.949 bits per heavy atom. The van der Waals surface area contributed by atoms with E-state index in [2.05, 4.69) is 5.32 Å². The summed E-state index contributed by atoms with van der Waals surface area (Å²) >= 11 is 0. The van der Waals surface area contributed by atoms with Crippen molar-refractivity contribution in [2.45, 2.75) is 39.3 Å². The molecule has 0 spiro atoms. The number of carbonyl (C=O) groups excluding carboxylic acids is 2. The second-order valence-corrected chi connectivity index (χ2v) is 11.4. The van der Waals surface area contributed by atoms with Crippen molar-refractivity contribution in [3.8, 4) is 5.75 Å². The van der Waals surface area contributed by atoms with Crippen LogP contribution in [0.3, 0.4) is 0 Å². The van der Waals surface area contributed by atoms with Gasteiger partial charge in [-0.05, 0) is 36.6 Å². The average molecular weight is 552 g/mol. The molecule has 1 N–H and O–H groups in total. The van der Waals surface area contributed by atoms with Gasteiger partial charge in [-0.3, -0.25) is 13.9 Å².